The van der Waals surface area contributed by atoms with Crippen molar-refractivity contribution in [1.82, 2.24) is 5.32 Å². The van der Waals surface area contributed by atoms with Crippen molar-refractivity contribution >= 4 is 17.2 Å². The van der Waals surface area contributed by atoms with Crippen molar-refractivity contribution in [3.63, 3.8) is 0 Å². The number of carbonyl (C=O) groups is 1. The van der Waals surface area contributed by atoms with Gasteiger partial charge in [-0.05, 0) is 37.2 Å². The molecule has 0 spiro atoms. The average Bonchev–Trinajstić information content (AvgIpc) is 2.89. The maximum absolute atomic E-state index is 12.2. The molecule has 2 N–H and O–H groups in total. The molecular formula is C16H21NO2S. The summed E-state index contributed by atoms with van der Waals surface area (Å²) in [5, 5.41) is 13.6. The van der Waals surface area contributed by atoms with Gasteiger partial charge in [-0.1, -0.05) is 25.7 Å². The van der Waals surface area contributed by atoms with E-state index in [4.69, 9.17) is 5.11 Å². The van der Waals surface area contributed by atoms with Gasteiger partial charge >= 0.3 is 0 Å². The topological polar surface area (TPSA) is 49.3 Å². The minimum absolute atomic E-state index is 0.00921. The molecule has 0 aliphatic heterocycles. The SMILES string of the molecule is CC1CCC(NC(=O)c2csc(C#CCO)c2)CC1C. The molecule has 1 fully saturated rings. The van der Waals surface area contributed by atoms with E-state index in [0.717, 1.165) is 23.6 Å². The van der Waals surface area contributed by atoms with Crippen molar-refractivity contribution in [1.29, 1.82) is 0 Å². The molecule has 3 unspecified atom stereocenters. The molecule has 3 atom stereocenters. The third-order valence-electron chi connectivity index (χ3n) is 4.09. The van der Waals surface area contributed by atoms with Gasteiger partial charge in [0.1, 0.15) is 6.61 Å². The zero-order valence-corrected chi connectivity index (χ0v) is 12.8. The Morgan fingerprint density at radius 3 is 2.95 bits per heavy atom. The van der Waals surface area contributed by atoms with Crippen LogP contribution in [0.1, 0.15) is 48.3 Å². The van der Waals surface area contributed by atoms with Crippen LogP contribution in [-0.2, 0) is 0 Å². The van der Waals surface area contributed by atoms with Gasteiger partial charge in [0.05, 0.1) is 10.4 Å². The molecule has 2 rings (SSSR count). The van der Waals surface area contributed by atoms with Crippen LogP contribution in [0.5, 0.6) is 0 Å². The molecular weight excluding hydrogens is 270 g/mol. The molecule has 1 aromatic heterocycles. The minimum Gasteiger partial charge on any atom is -0.384 e. The molecule has 0 saturated heterocycles. The Morgan fingerprint density at radius 1 is 1.45 bits per heavy atom. The van der Waals surface area contributed by atoms with E-state index in [9.17, 15) is 4.79 Å². The molecule has 108 valence electrons. The maximum Gasteiger partial charge on any atom is 0.252 e. The first-order chi connectivity index (χ1) is 9.60. The van der Waals surface area contributed by atoms with Crippen LogP contribution in [0.3, 0.4) is 0 Å². The third-order valence-corrected chi connectivity index (χ3v) is 4.93. The van der Waals surface area contributed by atoms with Gasteiger partial charge in [0, 0.05) is 11.4 Å². The summed E-state index contributed by atoms with van der Waals surface area (Å²) >= 11 is 1.44. The second-order valence-electron chi connectivity index (χ2n) is 5.60. The highest BCUT2D eigenvalue weighted by Gasteiger charge is 2.25. The van der Waals surface area contributed by atoms with Crippen LogP contribution in [0.25, 0.3) is 0 Å². The first kappa shape index (κ1) is 15.1. The van der Waals surface area contributed by atoms with Crippen molar-refractivity contribution in [2.75, 3.05) is 6.61 Å². The molecule has 1 aromatic rings. The molecule has 1 amide bonds. The number of amides is 1. The predicted molar refractivity (Wildman–Crippen MR) is 81.7 cm³/mol. The van der Waals surface area contributed by atoms with E-state index in [0.29, 0.717) is 17.5 Å². The standard InChI is InChI=1S/C16H21NO2S/c1-11-5-6-14(8-12(11)2)17-16(19)13-9-15(20-10-13)4-3-7-18/h9-12,14,18H,5-8H2,1-2H3,(H,17,19). The van der Waals surface area contributed by atoms with E-state index in [1.165, 1.54) is 17.8 Å². The van der Waals surface area contributed by atoms with Gasteiger partial charge in [-0.2, -0.15) is 0 Å². The largest absolute Gasteiger partial charge is 0.384 e. The van der Waals surface area contributed by atoms with Crippen molar-refractivity contribution in [2.24, 2.45) is 11.8 Å². The van der Waals surface area contributed by atoms with E-state index < -0.39 is 0 Å². The maximum atomic E-state index is 12.2. The van der Waals surface area contributed by atoms with Crippen LogP contribution in [0, 0.1) is 23.7 Å². The molecule has 1 aliphatic rings. The van der Waals surface area contributed by atoms with Gasteiger partial charge in [0.25, 0.3) is 5.91 Å². The summed E-state index contributed by atoms with van der Waals surface area (Å²) in [5.74, 6) is 6.83. The van der Waals surface area contributed by atoms with Crippen molar-refractivity contribution in [3.05, 3.63) is 21.9 Å². The number of rotatable bonds is 2. The van der Waals surface area contributed by atoms with E-state index >= 15 is 0 Å². The Labute approximate surface area is 124 Å². The summed E-state index contributed by atoms with van der Waals surface area (Å²) in [6.07, 6.45) is 3.32. The number of aliphatic hydroxyl groups excluding tert-OH is 1. The fourth-order valence-electron chi connectivity index (χ4n) is 2.59. The van der Waals surface area contributed by atoms with E-state index in [2.05, 4.69) is 31.0 Å². The van der Waals surface area contributed by atoms with Gasteiger partial charge in [-0.3, -0.25) is 4.79 Å². The Kier molecular flexibility index (Phi) is 5.22. The lowest BCUT2D eigenvalue weighted by Crippen LogP contribution is -2.39. The molecule has 1 saturated carbocycles. The quantitative estimate of drug-likeness (QED) is 0.823. The lowest BCUT2D eigenvalue weighted by Gasteiger charge is -2.32. The predicted octanol–water partition coefficient (Wildman–Crippen LogP) is 2.65. The smallest absolute Gasteiger partial charge is 0.252 e. The number of aliphatic hydroxyl groups is 1. The van der Waals surface area contributed by atoms with E-state index in [-0.39, 0.29) is 12.5 Å². The summed E-state index contributed by atoms with van der Waals surface area (Å²) < 4.78 is 0. The number of hydrogen-bond donors (Lipinski definition) is 2. The monoisotopic (exact) mass is 291 g/mol. The molecule has 1 heterocycles. The summed E-state index contributed by atoms with van der Waals surface area (Å²) in [6, 6.07) is 2.08. The van der Waals surface area contributed by atoms with Crippen LogP contribution < -0.4 is 5.32 Å². The molecule has 3 nitrogen and oxygen atoms in total. The number of carbonyl (C=O) groups excluding carboxylic acids is 1. The Bertz CT molecular complexity index is 526. The van der Waals surface area contributed by atoms with Gasteiger partial charge in [-0.15, -0.1) is 11.3 Å². The second kappa shape index (κ2) is 6.92. The molecule has 0 aromatic carbocycles. The Balaban J connectivity index is 1.93. The first-order valence-electron chi connectivity index (χ1n) is 7.09. The third kappa shape index (κ3) is 3.84. The fraction of sp³-hybridized carbons (Fsp3) is 0.562. The average molecular weight is 291 g/mol. The van der Waals surface area contributed by atoms with Crippen LogP contribution in [0.15, 0.2) is 11.4 Å². The summed E-state index contributed by atoms with van der Waals surface area (Å²) in [4.78, 5) is 13.0. The van der Waals surface area contributed by atoms with E-state index in [1.54, 1.807) is 6.07 Å². The number of nitrogens with one attached hydrogen (secondary N) is 1. The lowest BCUT2D eigenvalue weighted by atomic mass is 9.79. The summed E-state index contributed by atoms with van der Waals surface area (Å²) in [6.45, 7) is 4.39. The molecule has 20 heavy (non-hydrogen) atoms. The van der Waals surface area contributed by atoms with Crippen molar-refractivity contribution in [2.45, 2.75) is 39.2 Å². The zero-order valence-electron chi connectivity index (χ0n) is 12.0. The summed E-state index contributed by atoms with van der Waals surface area (Å²) in [7, 11) is 0. The molecule has 1 aliphatic carbocycles. The van der Waals surface area contributed by atoms with Gasteiger partial charge < -0.3 is 10.4 Å². The fourth-order valence-corrected chi connectivity index (χ4v) is 3.35. The summed E-state index contributed by atoms with van der Waals surface area (Å²) in [5.41, 5.74) is 0.670. The molecule has 0 radical (unpaired) electrons. The minimum atomic E-state index is -0.155. The number of hydrogen-bond acceptors (Lipinski definition) is 3. The van der Waals surface area contributed by atoms with Gasteiger partial charge in [0.15, 0.2) is 0 Å². The first-order valence-corrected chi connectivity index (χ1v) is 7.97. The number of thiophene rings is 1. The highest BCUT2D eigenvalue weighted by Crippen LogP contribution is 2.29. The van der Waals surface area contributed by atoms with E-state index in [1.807, 2.05) is 5.38 Å². The van der Waals surface area contributed by atoms with Crippen LogP contribution in [0.4, 0.5) is 0 Å². The zero-order chi connectivity index (χ0) is 14.5. The van der Waals surface area contributed by atoms with Gasteiger partial charge in [0.2, 0.25) is 0 Å². The van der Waals surface area contributed by atoms with Crippen molar-refractivity contribution < 1.29 is 9.90 Å². The highest BCUT2D eigenvalue weighted by molar-refractivity contribution is 7.10. The highest BCUT2D eigenvalue weighted by atomic mass is 32.1. The normalized spacial score (nSPS) is 25.6. The molecule has 0 bridgehead atoms. The second-order valence-corrected chi connectivity index (χ2v) is 6.51. The lowest BCUT2D eigenvalue weighted by molar-refractivity contribution is 0.0911. The van der Waals surface area contributed by atoms with Crippen LogP contribution >= 0.6 is 11.3 Å². The van der Waals surface area contributed by atoms with Crippen LogP contribution in [-0.4, -0.2) is 23.7 Å². The van der Waals surface area contributed by atoms with Crippen LogP contribution in [0.2, 0.25) is 0 Å². The molecule has 4 heteroatoms. The van der Waals surface area contributed by atoms with Crippen molar-refractivity contribution in [3.8, 4) is 11.8 Å². The van der Waals surface area contributed by atoms with Gasteiger partial charge in [-0.25, -0.2) is 0 Å². The Hall–Kier alpha value is -1.31. The Morgan fingerprint density at radius 2 is 2.25 bits per heavy atom.